The highest BCUT2D eigenvalue weighted by Crippen LogP contribution is 2.44. The van der Waals surface area contributed by atoms with Gasteiger partial charge >= 0.3 is 0 Å². The van der Waals surface area contributed by atoms with Gasteiger partial charge in [0.05, 0.1) is 23.3 Å². The molecule has 2 fully saturated rings. The van der Waals surface area contributed by atoms with Crippen LogP contribution in [0.25, 0.3) is 0 Å². The van der Waals surface area contributed by atoms with Crippen molar-refractivity contribution in [3.05, 3.63) is 73.8 Å². The SMILES string of the molecule is O=C(c1ccccc1[N+](=O)[O-])N(Cc1ccc(Cl)cc1Cl)N1C(=O)[C@H]2C[C@@H](Br)[C@@H](Br)C[C@H]2C1=O. The third-order valence-electron chi connectivity index (χ3n) is 6.03. The van der Waals surface area contributed by atoms with Crippen molar-refractivity contribution >= 4 is 78.5 Å². The summed E-state index contributed by atoms with van der Waals surface area (Å²) < 4.78 is 0. The molecule has 12 heteroatoms. The lowest BCUT2D eigenvalue weighted by atomic mass is 9.81. The van der Waals surface area contributed by atoms with Crippen molar-refractivity contribution in [1.82, 2.24) is 10.0 Å². The third kappa shape index (κ3) is 4.60. The van der Waals surface area contributed by atoms with Crippen LogP contribution in [0.15, 0.2) is 42.5 Å². The molecule has 4 atom stereocenters. The first-order valence-electron chi connectivity index (χ1n) is 10.2. The van der Waals surface area contributed by atoms with Gasteiger partial charge in [0, 0.05) is 25.8 Å². The van der Waals surface area contributed by atoms with Crippen molar-refractivity contribution in [3.63, 3.8) is 0 Å². The minimum Gasteiger partial charge on any atom is -0.272 e. The Balaban J connectivity index is 1.78. The number of carbonyl (C=O) groups is 3. The summed E-state index contributed by atoms with van der Waals surface area (Å²) in [6, 6.07) is 10.0. The van der Waals surface area contributed by atoms with Gasteiger partial charge in [0.15, 0.2) is 0 Å². The van der Waals surface area contributed by atoms with Gasteiger partial charge in [-0.25, -0.2) is 5.01 Å². The maximum absolute atomic E-state index is 13.7. The molecule has 0 spiro atoms. The number of halogens is 4. The molecule has 2 aromatic carbocycles. The summed E-state index contributed by atoms with van der Waals surface area (Å²) in [5.41, 5.74) is -0.257. The van der Waals surface area contributed by atoms with E-state index >= 15 is 0 Å². The van der Waals surface area contributed by atoms with Crippen molar-refractivity contribution in [3.8, 4) is 0 Å². The molecule has 1 saturated carbocycles. The van der Waals surface area contributed by atoms with Crippen molar-refractivity contribution < 1.29 is 19.3 Å². The van der Waals surface area contributed by atoms with Gasteiger partial charge in [0.25, 0.3) is 23.4 Å². The minimum absolute atomic E-state index is 0.0180. The number of fused-ring (bicyclic) bond motifs is 1. The number of benzene rings is 2. The number of rotatable bonds is 5. The van der Waals surface area contributed by atoms with Crippen LogP contribution in [0.1, 0.15) is 28.8 Å². The fourth-order valence-electron chi connectivity index (χ4n) is 4.31. The fraction of sp³-hybridized carbons (Fsp3) is 0.318. The number of nitrogens with zero attached hydrogens (tertiary/aromatic N) is 3. The molecule has 2 aromatic rings. The van der Waals surface area contributed by atoms with E-state index in [1.54, 1.807) is 12.1 Å². The first-order chi connectivity index (χ1) is 16.1. The second kappa shape index (κ2) is 9.93. The van der Waals surface area contributed by atoms with E-state index in [0.29, 0.717) is 23.4 Å². The Morgan fingerprint density at radius 3 is 2.21 bits per heavy atom. The van der Waals surface area contributed by atoms with Crippen molar-refractivity contribution in [2.75, 3.05) is 0 Å². The standard InChI is InChI=1S/C22H17Br2Cl2N3O5/c23-16-8-14-15(9-17(16)24)22(32)28(21(14)31)27(10-11-5-6-12(25)7-18(11)26)20(30)13-3-1-2-4-19(13)29(33)34/h1-7,14-17H,8-10H2/t14-,15+,16+,17-. The van der Waals surface area contributed by atoms with E-state index in [4.69, 9.17) is 23.2 Å². The fourth-order valence-corrected chi connectivity index (χ4v) is 6.02. The van der Waals surface area contributed by atoms with Gasteiger partial charge in [0.2, 0.25) is 0 Å². The molecule has 3 amide bonds. The van der Waals surface area contributed by atoms with Gasteiger partial charge in [-0.15, -0.1) is 0 Å². The van der Waals surface area contributed by atoms with E-state index in [1.165, 1.54) is 30.3 Å². The lowest BCUT2D eigenvalue weighted by Gasteiger charge is -2.31. The summed E-state index contributed by atoms with van der Waals surface area (Å²) >= 11 is 19.4. The van der Waals surface area contributed by atoms with E-state index < -0.39 is 40.2 Å². The number of carbonyl (C=O) groups excluding carboxylic acids is 3. The first kappa shape index (κ1) is 25.1. The van der Waals surface area contributed by atoms with E-state index in [-0.39, 0.29) is 26.8 Å². The summed E-state index contributed by atoms with van der Waals surface area (Å²) in [5, 5.41) is 14.0. The summed E-state index contributed by atoms with van der Waals surface area (Å²) in [7, 11) is 0. The van der Waals surface area contributed by atoms with E-state index in [2.05, 4.69) is 31.9 Å². The average Bonchev–Trinajstić information content (AvgIpc) is 3.02. The van der Waals surface area contributed by atoms with Crippen LogP contribution in [-0.2, 0) is 16.1 Å². The Morgan fingerprint density at radius 1 is 1.06 bits per heavy atom. The van der Waals surface area contributed by atoms with Crippen LogP contribution in [0.5, 0.6) is 0 Å². The zero-order valence-corrected chi connectivity index (χ0v) is 22.1. The van der Waals surface area contributed by atoms with Crippen LogP contribution >= 0.6 is 55.1 Å². The van der Waals surface area contributed by atoms with Gasteiger partial charge in [-0.3, -0.25) is 24.5 Å². The summed E-state index contributed by atoms with van der Waals surface area (Å²) in [4.78, 5) is 51.3. The molecule has 1 saturated heterocycles. The quantitative estimate of drug-likeness (QED) is 0.190. The van der Waals surface area contributed by atoms with Gasteiger partial charge in [0.1, 0.15) is 5.56 Å². The number of amides is 3. The molecular formula is C22H17Br2Cl2N3O5. The maximum atomic E-state index is 13.7. The number of hydrogen-bond donors (Lipinski definition) is 0. The number of hydrogen-bond acceptors (Lipinski definition) is 5. The van der Waals surface area contributed by atoms with E-state index in [1.807, 2.05) is 0 Å². The van der Waals surface area contributed by atoms with Crippen LogP contribution in [0, 0.1) is 22.0 Å². The first-order valence-corrected chi connectivity index (χ1v) is 12.8. The Hall–Kier alpha value is -2.01. The third-order valence-corrected chi connectivity index (χ3v) is 9.35. The Bertz CT molecular complexity index is 1170. The number of para-hydroxylation sites is 1. The van der Waals surface area contributed by atoms with Crippen LogP contribution in [0.4, 0.5) is 5.69 Å². The molecule has 2 aliphatic rings. The van der Waals surface area contributed by atoms with Crippen molar-refractivity contribution in [2.45, 2.75) is 29.0 Å². The molecule has 34 heavy (non-hydrogen) atoms. The zero-order chi connectivity index (χ0) is 24.7. The number of nitro groups is 1. The molecule has 0 radical (unpaired) electrons. The highest BCUT2D eigenvalue weighted by molar-refractivity contribution is 9.12. The second-order valence-corrected chi connectivity index (χ2v) is 11.3. The molecule has 4 rings (SSSR count). The minimum atomic E-state index is -0.857. The van der Waals surface area contributed by atoms with Crippen LogP contribution in [-0.4, -0.2) is 42.3 Å². The Kier molecular flexibility index (Phi) is 7.33. The van der Waals surface area contributed by atoms with Crippen LogP contribution in [0.3, 0.4) is 0 Å². The van der Waals surface area contributed by atoms with Crippen molar-refractivity contribution in [2.24, 2.45) is 11.8 Å². The van der Waals surface area contributed by atoms with E-state index in [0.717, 1.165) is 10.0 Å². The average molecular weight is 634 g/mol. The number of nitro benzene ring substituents is 1. The highest BCUT2D eigenvalue weighted by Gasteiger charge is 2.54. The maximum Gasteiger partial charge on any atom is 0.282 e. The van der Waals surface area contributed by atoms with E-state index in [9.17, 15) is 24.5 Å². The molecule has 0 bridgehead atoms. The van der Waals surface area contributed by atoms with Gasteiger partial charge < -0.3 is 0 Å². The largest absolute Gasteiger partial charge is 0.282 e. The molecule has 0 aromatic heterocycles. The number of hydrazine groups is 1. The summed E-state index contributed by atoms with van der Waals surface area (Å²) in [6.45, 7) is -0.257. The monoisotopic (exact) mass is 631 g/mol. The predicted octanol–water partition coefficient (Wildman–Crippen LogP) is 5.38. The molecule has 0 unspecified atom stereocenters. The lowest BCUT2D eigenvalue weighted by molar-refractivity contribution is -0.385. The Labute approximate surface area is 221 Å². The summed E-state index contributed by atoms with van der Waals surface area (Å²) in [5.74, 6) is -3.10. The molecule has 1 aliphatic heterocycles. The van der Waals surface area contributed by atoms with Gasteiger partial charge in [-0.05, 0) is 36.6 Å². The van der Waals surface area contributed by atoms with Crippen LogP contribution < -0.4 is 0 Å². The topological polar surface area (TPSA) is 101 Å². The molecule has 0 N–H and O–H groups in total. The summed E-state index contributed by atoms with van der Waals surface area (Å²) in [6.07, 6.45) is 0.827. The molecule has 8 nitrogen and oxygen atoms in total. The molecule has 178 valence electrons. The number of alkyl halides is 2. The lowest BCUT2D eigenvalue weighted by Crippen LogP contribution is -2.50. The Morgan fingerprint density at radius 2 is 1.65 bits per heavy atom. The van der Waals surface area contributed by atoms with Crippen molar-refractivity contribution in [1.29, 1.82) is 0 Å². The van der Waals surface area contributed by atoms with Crippen LogP contribution in [0.2, 0.25) is 10.0 Å². The smallest absolute Gasteiger partial charge is 0.272 e. The normalized spacial score (nSPS) is 24.2. The number of imide groups is 1. The zero-order valence-electron chi connectivity index (χ0n) is 17.4. The molecular weight excluding hydrogens is 617 g/mol. The molecule has 1 aliphatic carbocycles. The predicted molar refractivity (Wildman–Crippen MR) is 133 cm³/mol. The van der Waals surface area contributed by atoms with Gasteiger partial charge in [-0.1, -0.05) is 73.3 Å². The van der Waals surface area contributed by atoms with Gasteiger partial charge in [-0.2, -0.15) is 5.01 Å². The highest BCUT2D eigenvalue weighted by atomic mass is 79.9. The second-order valence-electron chi connectivity index (χ2n) is 8.08. The molecule has 1 heterocycles.